The van der Waals surface area contributed by atoms with Crippen LogP contribution in [0, 0.1) is 20.8 Å². The molecule has 1 aromatic heterocycles. The van der Waals surface area contributed by atoms with E-state index in [2.05, 4.69) is 52.6 Å². The number of hydrogen-bond acceptors (Lipinski definition) is 4. The lowest BCUT2D eigenvalue weighted by Gasteiger charge is -2.11. The zero-order valence-electron chi connectivity index (χ0n) is 11.2. The van der Waals surface area contributed by atoms with Crippen molar-refractivity contribution < 1.29 is 0 Å². The van der Waals surface area contributed by atoms with Crippen LogP contribution in [-0.2, 0) is 0 Å². The van der Waals surface area contributed by atoms with Crippen molar-refractivity contribution in [3.8, 4) is 0 Å². The summed E-state index contributed by atoms with van der Waals surface area (Å²) in [6, 6.07) is 6.28. The topological polar surface area (TPSA) is 49.8 Å². The molecule has 4 heteroatoms. The van der Waals surface area contributed by atoms with Crippen LogP contribution < -0.4 is 10.6 Å². The van der Waals surface area contributed by atoms with Crippen molar-refractivity contribution in [2.75, 3.05) is 17.7 Å². The fraction of sp³-hybridized carbons (Fsp3) is 0.286. The quantitative estimate of drug-likeness (QED) is 0.868. The monoisotopic (exact) mass is 242 g/mol. The van der Waals surface area contributed by atoms with Gasteiger partial charge < -0.3 is 10.6 Å². The first-order valence-electron chi connectivity index (χ1n) is 5.96. The summed E-state index contributed by atoms with van der Waals surface area (Å²) in [5, 5.41) is 6.26. The summed E-state index contributed by atoms with van der Waals surface area (Å²) in [6.07, 6.45) is 1.81. The molecule has 18 heavy (non-hydrogen) atoms. The van der Waals surface area contributed by atoms with Crippen molar-refractivity contribution in [3.63, 3.8) is 0 Å². The maximum atomic E-state index is 4.40. The molecule has 2 aromatic rings. The van der Waals surface area contributed by atoms with Crippen LogP contribution in [0.1, 0.15) is 16.7 Å². The van der Waals surface area contributed by atoms with Gasteiger partial charge in [-0.25, -0.2) is 4.98 Å². The second kappa shape index (κ2) is 5.04. The molecule has 0 spiro atoms. The van der Waals surface area contributed by atoms with Gasteiger partial charge in [-0.15, -0.1) is 0 Å². The van der Waals surface area contributed by atoms with Crippen LogP contribution in [0.25, 0.3) is 0 Å². The number of hydrogen-bond donors (Lipinski definition) is 2. The zero-order valence-corrected chi connectivity index (χ0v) is 11.2. The van der Waals surface area contributed by atoms with Gasteiger partial charge in [-0.1, -0.05) is 6.07 Å². The van der Waals surface area contributed by atoms with Crippen molar-refractivity contribution in [1.29, 1.82) is 0 Å². The molecule has 0 radical (unpaired) electrons. The molecule has 0 amide bonds. The number of nitrogens with one attached hydrogen (secondary N) is 2. The second-order valence-corrected chi connectivity index (χ2v) is 4.40. The number of benzene rings is 1. The van der Waals surface area contributed by atoms with Crippen LogP contribution in [0.5, 0.6) is 0 Å². The molecule has 0 atom stereocenters. The Morgan fingerprint density at radius 3 is 2.44 bits per heavy atom. The Bertz CT molecular complexity index is 564. The lowest BCUT2D eigenvalue weighted by Crippen LogP contribution is -2.02. The van der Waals surface area contributed by atoms with Gasteiger partial charge in [0.25, 0.3) is 0 Å². The molecule has 0 aliphatic carbocycles. The van der Waals surface area contributed by atoms with Gasteiger partial charge in [0, 0.05) is 24.5 Å². The molecule has 0 bridgehead atoms. The molecule has 2 rings (SSSR count). The summed E-state index contributed by atoms with van der Waals surface area (Å²) in [5.41, 5.74) is 4.62. The summed E-state index contributed by atoms with van der Waals surface area (Å²) in [4.78, 5) is 8.57. The minimum Gasteiger partial charge on any atom is -0.357 e. The molecule has 1 heterocycles. The lowest BCUT2D eigenvalue weighted by atomic mass is 10.1. The second-order valence-electron chi connectivity index (χ2n) is 4.40. The van der Waals surface area contributed by atoms with Crippen LogP contribution >= 0.6 is 0 Å². The van der Waals surface area contributed by atoms with Crippen molar-refractivity contribution in [3.05, 3.63) is 41.1 Å². The Hall–Kier alpha value is -2.10. The van der Waals surface area contributed by atoms with Crippen molar-refractivity contribution >= 4 is 17.5 Å². The molecule has 4 nitrogen and oxygen atoms in total. The minimum absolute atomic E-state index is 0.618. The third-order valence-corrected chi connectivity index (χ3v) is 2.96. The maximum absolute atomic E-state index is 4.40. The van der Waals surface area contributed by atoms with Gasteiger partial charge >= 0.3 is 0 Å². The first-order valence-corrected chi connectivity index (χ1v) is 5.96. The number of nitrogens with zero attached hydrogens (tertiary/aromatic N) is 2. The van der Waals surface area contributed by atoms with Crippen molar-refractivity contribution in [2.24, 2.45) is 0 Å². The highest BCUT2D eigenvalue weighted by atomic mass is 15.1. The van der Waals surface area contributed by atoms with E-state index < -0.39 is 0 Å². The number of rotatable bonds is 3. The van der Waals surface area contributed by atoms with Crippen LogP contribution in [0.3, 0.4) is 0 Å². The van der Waals surface area contributed by atoms with Crippen LogP contribution in [-0.4, -0.2) is 17.0 Å². The van der Waals surface area contributed by atoms with Gasteiger partial charge in [-0.3, -0.25) is 0 Å². The molecule has 1 aromatic carbocycles. The first-order chi connectivity index (χ1) is 8.60. The van der Waals surface area contributed by atoms with E-state index in [0.29, 0.717) is 5.95 Å². The summed E-state index contributed by atoms with van der Waals surface area (Å²) in [5.74, 6) is 1.45. The Balaban J connectivity index is 2.30. The smallest absolute Gasteiger partial charge is 0.224 e. The van der Waals surface area contributed by atoms with Gasteiger partial charge in [0.1, 0.15) is 5.82 Å². The molecule has 0 saturated carbocycles. The van der Waals surface area contributed by atoms with Crippen LogP contribution in [0.15, 0.2) is 24.4 Å². The fourth-order valence-corrected chi connectivity index (χ4v) is 1.64. The van der Waals surface area contributed by atoms with E-state index in [0.717, 1.165) is 17.1 Å². The summed E-state index contributed by atoms with van der Waals surface area (Å²) in [6.45, 7) is 6.20. The van der Waals surface area contributed by atoms with Gasteiger partial charge in [0.2, 0.25) is 5.95 Å². The van der Waals surface area contributed by atoms with Gasteiger partial charge in [0.15, 0.2) is 0 Å². The van der Waals surface area contributed by atoms with Crippen LogP contribution in [0.4, 0.5) is 17.5 Å². The highest BCUT2D eigenvalue weighted by molar-refractivity contribution is 5.61. The van der Waals surface area contributed by atoms with Gasteiger partial charge in [-0.2, -0.15) is 4.98 Å². The fourth-order valence-electron chi connectivity index (χ4n) is 1.64. The lowest BCUT2D eigenvalue weighted by molar-refractivity contribution is 1.12. The highest BCUT2D eigenvalue weighted by Gasteiger charge is 2.04. The Labute approximate surface area is 107 Å². The van der Waals surface area contributed by atoms with Crippen molar-refractivity contribution in [2.45, 2.75) is 20.8 Å². The average Bonchev–Trinajstić information content (AvgIpc) is 2.36. The summed E-state index contributed by atoms with van der Waals surface area (Å²) in [7, 11) is 1.81. The summed E-state index contributed by atoms with van der Waals surface area (Å²) >= 11 is 0. The Morgan fingerprint density at radius 1 is 1.00 bits per heavy atom. The van der Waals surface area contributed by atoms with E-state index in [9.17, 15) is 0 Å². The number of aromatic nitrogens is 2. The van der Waals surface area contributed by atoms with E-state index >= 15 is 0 Å². The molecule has 0 aliphatic rings. The molecule has 0 saturated heterocycles. The van der Waals surface area contributed by atoms with Gasteiger partial charge in [0.05, 0.1) is 0 Å². The molecule has 94 valence electrons. The maximum Gasteiger partial charge on any atom is 0.224 e. The molecule has 0 fully saturated rings. The minimum atomic E-state index is 0.618. The molecule has 0 unspecified atom stereocenters. The summed E-state index contributed by atoms with van der Waals surface area (Å²) < 4.78 is 0. The van der Waals surface area contributed by atoms with E-state index in [-0.39, 0.29) is 0 Å². The first kappa shape index (κ1) is 12.4. The van der Waals surface area contributed by atoms with E-state index in [4.69, 9.17) is 0 Å². The molecule has 2 N–H and O–H groups in total. The van der Waals surface area contributed by atoms with Crippen LogP contribution in [0.2, 0.25) is 0 Å². The van der Waals surface area contributed by atoms with E-state index in [1.54, 1.807) is 0 Å². The van der Waals surface area contributed by atoms with Crippen molar-refractivity contribution in [1.82, 2.24) is 9.97 Å². The SMILES string of the molecule is CNc1ncc(C)c(Nc2ccc(C)c(C)c2)n1. The molecule has 0 aliphatic heterocycles. The van der Waals surface area contributed by atoms with Gasteiger partial charge in [-0.05, 0) is 44.0 Å². The predicted molar refractivity (Wildman–Crippen MR) is 75.5 cm³/mol. The van der Waals surface area contributed by atoms with E-state index in [1.165, 1.54) is 11.1 Å². The Morgan fingerprint density at radius 2 is 1.78 bits per heavy atom. The largest absolute Gasteiger partial charge is 0.357 e. The Kier molecular flexibility index (Phi) is 3.46. The zero-order chi connectivity index (χ0) is 13.1. The average molecular weight is 242 g/mol. The molecular formula is C14H18N4. The standard InChI is InChI=1S/C14H18N4/c1-9-5-6-12(7-10(9)2)17-13-11(3)8-16-14(15-4)18-13/h5-8H,1-4H3,(H2,15,16,17,18). The number of anilines is 3. The third kappa shape index (κ3) is 2.59. The third-order valence-electron chi connectivity index (χ3n) is 2.96. The molecular weight excluding hydrogens is 224 g/mol. The van der Waals surface area contributed by atoms with E-state index in [1.807, 2.05) is 20.2 Å². The normalized spacial score (nSPS) is 10.2. The number of aryl methyl sites for hydroxylation is 3. The highest BCUT2D eigenvalue weighted by Crippen LogP contribution is 2.21. The predicted octanol–water partition coefficient (Wildman–Crippen LogP) is 3.19.